The first-order chi connectivity index (χ1) is 16.4. The number of aliphatic hydroxyl groups is 1. The lowest BCUT2D eigenvalue weighted by Crippen LogP contribution is -2.80. The highest BCUT2D eigenvalue weighted by molar-refractivity contribution is 7.83. The Balaban J connectivity index is 8.44. The standard InChI is InChI=1S/C19H30N2O11S4/c1-6-12(33(25)26)10-11-17(24,13(7-2)34(27)28)16(5,18(8-3,14(20)22)35(29)30)19(9-4,15(21)23)36(31)32/h6-9,12-13,24H,1-4,10-11H2,5H3,(H2,20,22)(H2,21,23)(H,25,26)(H,27,28)(H,29,30)(H,31,32)/p-4. The van der Waals surface area contributed by atoms with Crippen LogP contribution >= 0.6 is 0 Å². The van der Waals surface area contributed by atoms with E-state index < -0.39 is 100.0 Å². The molecular formula is C19H26N2O11S4-4. The van der Waals surface area contributed by atoms with Crippen LogP contribution in [-0.2, 0) is 53.9 Å². The fourth-order valence-corrected chi connectivity index (χ4v) is 7.72. The fourth-order valence-electron chi connectivity index (χ4n) is 4.42. The fraction of sp³-hybridized carbons (Fsp3) is 0.474. The molecule has 17 heteroatoms. The van der Waals surface area contributed by atoms with E-state index in [0.29, 0.717) is 25.2 Å². The Kier molecular flexibility index (Phi) is 12.1. The van der Waals surface area contributed by atoms with Crippen LogP contribution in [0.2, 0.25) is 0 Å². The average molecular weight is 587 g/mol. The predicted molar refractivity (Wildman–Crippen MR) is 130 cm³/mol. The van der Waals surface area contributed by atoms with Crippen molar-refractivity contribution in [3.63, 3.8) is 0 Å². The zero-order valence-electron chi connectivity index (χ0n) is 19.0. The lowest BCUT2D eigenvalue weighted by molar-refractivity contribution is -0.147. The minimum Gasteiger partial charge on any atom is -0.772 e. The molecule has 0 saturated carbocycles. The van der Waals surface area contributed by atoms with Gasteiger partial charge in [-0.25, -0.2) is 0 Å². The van der Waals surface area contributed by atoms with Crippen LogP contribution in [-0.4, -0.2) is 77.6 Å². The second-order valence-electron chi connectivity index (χ2n) is 7.62. The molecular weight excluding hydrogens is 560 g/mol. The Morgan fingerprint density at radius 2 is 1.25 bits per heavy atom. The maximum Gasteiger partial charge on any atom is 0.239 e. The van der Waals surface area contributed by atoms with E-state index >= 15 is 0 Å². The maximum absolute atomic E-state index is 12.7. The third kappa shape index (κ3) is 5.03. The zero-order valence-corrected chi connectivity index (χ0v) is 22.3. The summed E-state index contributed by atoms with van der Waals surface area (Å²) in [4.78, 5) is 25.5. The van der Waals surface area contributed by atoms with Gasteiger partial charge < -0.3 is 34.8 Å². The van der Waals surface area contributed by atoms with Crippen LogP contribution < -0.4 is 11.5 Å². The summed E-state index contributed by atoms with van der Waals surface area (Å²) in [6, 6.07) is 0. The molecule has 13 nitrogen and oxygen atoms in total. The van der Waals surface area contributed by atoms with Gasteiger partial charge in [0, 0.05) is 5.25 Å². The lowest BCUT2D eigenvalue weighted by atomic mass is 9.54. The lowest BCUT2D eigenvalue weighted by Gasteiger charge is -2.63. The summed E-state index contributed by atoms with van der Waals surface area (Å²) in [5.41, 5.74) is 4.06. The Morgan fingerprint density at radius 1 is 0.861 bits per heavy atom. The Hall–Kier alpha value is -1.70. The molecule has 9 atom stereocenters. The van der Waals surface area contributed by atoms with Gasteiger partial charge in [-0.15, -0.1) is 26.3 Å². The number of carbonyl (C=O) groups is 2. The van der Waals surface area contributed by atoms with E-state index in [0.717, 1.165) is 6.08 Å². The molecule has 0 aromatic heterocycles. The molecule has 5 N–H and O–H groups in total. The smallest absolute Gasteiger partial charge is 0.239 e. The highest BCUT2D eigenvalue weighted by Gasteiger charge is 2.74. The van der Waals surface area contributed by atoms with Gasteiger partial charge in [0.2, 0.25) is 11.8 Å². The molecule has 0 spiro atoms. The summed E-state index contributed by atoms with van der Waals surface area (Å²) in [6.07, 6.45) is 0.286. The number of primary amides is 2. The van der Waals surface area contributed by atoms with Gasteiger partial charge in [-0.2, -0.15) is 0 Å². The topological polar surface area (TPSA) is 267 Å². The Labute approximate surface area is 218 Å². The Morgan fingerprint density at radius 3 is 1.44 bits per heavy atom. The second-order valence-corrected chi connectivity index (χ2v) is 12.0. The first kappa shape index (κ1) is 34.3. The van der Waals surface area contributed by atoms with Crippen LogP contribution in [0, 0.1) is 5.41 Å². The number of nitrogens with two attached hydrogens (primary N) is 2. The molecule has 36 heavy (non-hydrogen) atoms. The molecule has 0 bridgehead atoms. The van der Waals surface area contributed by atoms with Gasteiger partial charge in [-0.1, -0.05) is 31.2 Å². The van der Waals surface area contributed by atoms with Crippen molar-refractivity contribution in [2.45, 2.75) is 45.4 Å². The molecule has 9 unspecified atom stereocenters. The van der Waals surface area contributed by atoms with E-state index in [1.165, 1.54) is 0 Å². The van der Waals surface area contributed by atoms with Gasteiger partial charge in [0.1, 0.15) is 9.49 Å². The van der Waals surface area contributed by atoms with Crippen molar-refractivity contribution in [3.8, 4) is 0 Å². The second kappa shape index (κ2) is 12.7. The van der Waals surface area contributed by atoms with Crippen molar-refractivity contribution in [1.29, 1.82) is 0 Å². The predicted octanol–water partition coefficient (Wildman–Crippen LogP) is -2.05. The maximum atomic E-state index is 12.7. The van der Waals surface area contributed by atoms with Crippen molar-refractivity contribution in [1.82, 2.24) is 0 Å². The summed E-state index contributed by atoms with van der Waals surface area (Å²) >= 11 is -14.1. The quantitative estimate of drug-likeness (QED) is 0.123. The van der Waals surface area contributed by atoms with Crippen LogP contribution in [0.4, 0.5) is 0 Å². The van der Waals surface area contributed by atoms with Gasteiger partial charge >= 0.3 is 0 Å². The number of rotatable bonds is 17. The van der Waals surface area contributed by atoms with Crippen LogP contribution in [0.25, 0.3) is 0 Å². The monoisotopic (exact) mass is 586 g/mol. The van der Waals surface area contributed by atoms with Crippen LogP contribution in [0.15, 0.2) is 50.6 Å². The molecule has 0 aliphatic carbocycles. The average Bonchev–Trinajstić information content (AvgIpc) is 2.74. The molecule has 0 fully saturated rings. The zero-order chi connectivity index (χ0) is 28.9. The minimum absolute atomic E-state index is 0.308. The molecule has 0 heterocycles. The molecule has 0 aliphatic heterocycles. The number of hydrogen-bond acceptors (Lipinski definition) is 11. The van der Waals surface area contributed by atoms with E-state index in [2.05, 4.69) is 26.3 Å². The third-order valence-corrected chi connectivity index (χ3v) is 10.9. The number of amides is 2. The summed E-state index contributed by atoms with van der Waals surface area (Å²) in [5, 5.41) is 8.24. The summed E-state index contributed by atoms with van der Waals surface area (Å²) in [5.74, 6) is -3.76. The first-order valence-electron chi connectivity index (χ1n) is 9.60. The van der Waals surface area contributed by atoms with Crippen molar-refractivity contribution >= 4 is 56.1 Å². The molecule has 0 saturated heterocycles. The van der Waals surface area contributed by atoms with Crippen LogP contribution in [0.3, 0.4) is 0 Å². The van der Waals surface area contributed by atoms with Gasteiger partial charge in [0.05, 0.1) is 16.3 Å². The highest BCUT2D eigenvalue weighted by Crippen LogP contribution is 2.58. The van der Waals surface area contributed by atoms with Crippen LogP contribution in [0.5, 0.6) is 0 Å². The van der Waals surface area contributed by atoms with Crippen molar-refractivity contribution in [2.24, 2.45) is 16.9 Å². The SMILES string of the molecule is C=CC(CCC(O)(C(C=C)S(=O)[O-])C(C)(C(C=C)(C(N)=O)S(=O)[O-])C(C=C)(C(N)=O)S(=O)[O-])S(=O)[O-]. The molecule has 0 rings (SSSR count). The van der Waals surface area contributed by atoms with Crippen molar-refractivity contribution < 1.29 is 49.7 Å². The van der Waals surface area contributed by atoms with Gasteiger partial charge in [-0.05, 0) is 57.2 Å². The molecule has 206 valence electrons. The van der Waals surface area contributed by atoms with E-state index in [1.807, 2.05) is 0 Å². The van der Waals surface area contributed by atoms with E-state index in [4.69, 9.17) is 11.5 Å². The van der Waals surface area contributed by atoms with E-state index in [1.54, 1.807) is 0 Å². The Bertz CT molecular complexity index is 959. The molecule has 0 radical (unpaired) electrons. The number of hydrogen-bond donors (Lipinski definition) is 3. The highest BCUT2D eigenvalue weighted by atomic mass is 32.2. The number of carbonyl (C=O) groups excluding carboxylic acids is 2. The first-order valence-corrected chi connectivity index (χ1v) is 14.0. The summed E-state index contributed by atoms with van der Waals surface area (Å²) in [6.45, 7) is 13.5. The van der Waals surface area contributed by atoms with Gasteiger partial charge in [0.15, 0.2) is 0 Å². The van der Waals surface area contributed by atoms with E-state index in [9.17, 15) is 49.7 Å². The van der Waals surface area contributed by atoms with Crippen LogP contribution in [0.1, 0.15) is 19.8 Å². The summed E-state index contributed by atoms with van der Waals surface area (Å²) < 4.78 is 91.1. The molecule has 0 aromatic rings. The van der Waals surface area contributed by atoms with Gasteiger partial charge in [0.25, 0.3) is 0 Å². The normalized spacial score (nSPS) is 23.4. The van der Waals surface area contributed by atoms with E-state index in [-0.39, 0.29) is 0 Å². The molecule has 0 aromatic carbocycles. The molecule has 0 aliphatic rings. The third-order valence-electron chi connectivity index (χ3n) is 6.40. The van der Waals surface area contributed by atoms with Gasteiger partial charge in [-0.3, -0.25) is 26.4 Å². The summed E-state index contributed by atoms with van der Waals surface area (Å²) in [7, 11) is 0. The van der Waals surface area contributed by atoms with Crippen molar-refractivity contribution in [3.05, 3.63) is 50.6 Å². The van der Waals surface area contributed by atoms with Crippen molar-refractivity contribution in [2.75, 3.05) is 0 Å². The minimum atomic E-state index is -3.85. The largest absolute Gasteiger partial charge is 0.772 e. The molecule has 2 amide bonds.